The van der Waals surface area contributed by atoms with Crippen molar-refractivity contribution in [2.24, 2.45) is 5.41 Å². The fourth-order valence-corrected chi connectivity index (χ4v) is 6.77. The van der Waals surface area contributed by atoms with Gasteiger partial charge in [-0.1, -0.05) is 19.9 Å². The summed E-state index contributed by atoms with van der Waals surface area (Å²) in [5, 5.41) is 9.60. The van der Waals surface area contributed by atoms with E-state index in [0.717, 1.165) is 55.6 Å². The van der Waals surface area contributed by atoms with Gasteiger partial charge in [0.1, 0.15) is 22.3 Å². The van der Waals surface area contributed by atoms with E-state index in [0.29, 0.717) is 11.6 Å². The molecule has 2 N–H and O–H groups in total. The summed E-state index contributed by atoms with van der Waals surface area (Å²) in [4.78, 5) is 15.2. The molecule has 0 bridgehead atoms. The molecule has 0 amide bonds. The maximum Gasteiger partial charge on any atom is 0.573 e. The minimum atomic E-state index is -4.99. The topological polar surface area (TPSA) is 115 Å². The molecular weight excluding hydrogens is 576 g/mol. The third-order valence-corrected chi connectivity index (χ3v) is 9.07. The number of carbonyl (C=O) groups is 1. The SMILES string of the molecule is COc1cc(C(=O)O)c(F)cc1NS(=O)(=O)c1csc(-c2ccc(C3CCC(C)(C)CC3)cc2OC(F)(F)F)n1. The van der Waals surface area contributed by atoms with Crippen LogP contribution in [0.2, 0.25) is 0 Å². The molecule has 4 rings (SSSR count). The van der Waals surface area contributed by atoms with Crippen LogP contribution in [-0.4, -0.2) is 37.9 Å². The lowest BCUT2D eigenvalue weighted by molar-refractivity contribution is -0.274. The molecule has 1 fully saturated rings. The number of ether oxygens (including phenoxy) is 2. The molecule has 0 atom stereocenters. The molecule has 40 heavy (non-hydrogen) atoms. The average molecular weight is 603 g/mol. The summed E-state index contributed by atoms with van der Waals surface area (Å²) in [6, 6.07) is 5.93. The van der Waals surface area contributed by atoms with Crippen molar-refractivity contribution >= 4 is 33.0 Å². The molecular formula is C26H26F4N2O6S2. The molecule has 0 unspecified atom stereocenters. The number of benzene rings is 2. The maximum absolute atomic E-state index is 14.2. The minimum absolute atomic E-state index is 0.0434. The third-order valence-electron chi connectivity index (χ3n) is 6.79. The van der Waals surface area contributed by atoms with Gasteiger partial charge in [-0.15, -0.1) is 24.5 Å². The number of sulfonamides is 1. The number of alkyl halides is 3. The van der Waals surface area contributed by atoms with E-state index in [-0.39, 0.29) is 33.3 Å². The second-order valence-electron chi connectivity index (χ2n) is 10.2. The van der Waals surface area contributed by atoms with Crippen LogP contribution < -0.4 is 14.2 Å². The van der Waals surface area contributed by atoms with Crippen molar-refractivity contribution < 1.29 is 45.4 Å². The molecule has 2 aromatic carbocycles. The number of nitrogens with one attached hydrogen (secondary N) is 1. The fraction of sp³-hybridized carbons (Fsp3) is 0.385. The van der Waals surface area contributed by atoms with E-state index in [1.54, 1.807) is 6.07 Å². The van der Waals surface area contributed by atoms with Crippen LogP contribution in [0.1, 0.15) is 61.4 Å². The van der Waals surface area contributed by atoms with E-state index >= 15 is 0 Å². The number of hydrogen-bond acceptors (Lipinski definition) is 7. The first-order valence-corrected chi connectivity index (χ1v) is 14.4. The minimum Gasteiger partial charge on any atom is -0.495 e. The first kappa shape index (κ1) is 29.6. The zero-order chi connectivity index (χ0) is 29.5. The normalized spacial score (nSPS) is 16.0. The van der Waals surface area contributed by atoms with Crippen LogP contribution in [-0.2, 0) is 10.0 Å². The van der Waals surface area contributed by atoms with Crippen LogP contribution in [0.3, 0.4) is 0 Å². The molecule has 8 nitrogen and oxygen atoms in total. The summed E-state index contributed by atoms with van der Waals surface area (Å²) in [7, 11) is -3.34. The Morgan fingerprint density at radius 2 is 1.82 bits per heavy atom. The van der Waals surface area contributed by atoms with Crippen LogP contribution in [0.4, 0.5) is 23.2 Å². The van der Waals surface area contributed by atoms with Gasteiger partial charge < -0.3 is 14.6 Å². The van der Waals surface area contributed by atoms with Crippen LogP contribution in [0, 0.1) is 11.2 Å². The molecule has 1 saturated carbocycles. The van der Waals surface area contributed by atoms with Gasteiger partial charge in [0.15, 0.2) is 5.03 Å². The highest BCUT2D eigenvalue weighted by Gasteiger charge is 2.34. The second-order valence-corrected chi connectivity index (χ2v) is 12.7. The van der Waals surface area contributed by atoms with Crippen molar-refractivity contribution in [3.63, 3.8) is 0 Å². The number of hydrogen-bond donors (Lipinski definition) is 2. The molecule has 0 aliphatic heterocycles. The Labute approximate surface area is 232 Å². The number of aromatic carboxylic acids is 1. The Morgan fingerprint density at radius 1 is 1.15 bits per heavy atom. The molecule has 0 spiro atoms. The molecule has 1 aromatic heterocycles. The second kappa shape index (κ2) is 10.9. The van der Waals surface area contributed by atoms with Crippen molar-refractivity contribution in [2.45, 2.75) is 56.8 Å². The van der Waals surface area contributed by atoms with Crippen LogP contribution in [0.15, 0.2) is 40.7 Å². The number of carboxylic acid groups (broad SMARTS) is 1. The highest BCUT2D eigenvalue weighted by Crippen LogP contribution is 2.45. The van der Waals surface area contributed by atoms with Crippen molar-refractivity contribution in [3.05, 3.63) is 52.7 Å². The maximum atomic E-state index is 14.2. The smallest absolute Gasteiger partial charge is 0.495 e. The molecule has 3 aromatic rings. The van der Waals surface area contributed by atoms with Gasteiger partial charge in [-0.2, -0.15) is 8.42 Å². The van der Waals surface area contributed by atoms with E-state index < -0.39 is 44.5 Å². The van der Waals surface area contributed by atoms with E-state index in [1.807, 2.05) is 0 Å². The van der Waals surface area contributed by atoms with Crippen molar-refractivity contribution in [1.29, 1.82) is 0 Å². The summed E-state index contributed by atoms with van der Waals surface area (Å²) >= 11 is 0.780. The van der Waals surface area contributed by atoms with Gasteiger partial charge in [-0.3, -0.25) is 4.72 Å². The zero-order valence-corrected chi connectivity index (χ0v) is 23.3. The van der Waals surface area contributed by atoms with Crippen LogP contribution in [0.25, 0.3) is 10.6 Å². The number of methoxy groups -OCH3 is 1. The predicted octanol–water partition coefficient (Wildman–Crippen LogP) is 7.04. The van der Waals surface area contributed by atoms with Crippen molar-refractivity contribution in [3.8, 4) is 22.1 Å². The summed E-state index contributed by atoms with van der Waals surface area (Å²) in [6.07, 6.45) is -1.48. The fourth-order valence-electron chi connectivity index (χ4n) is 4.58. The van der Waals surface area contributed by atoms with Gasteiger partial charge in [-0.25, -0.2) is 14.2 Å². The summed E-state index contributed by atoms with van der Waals surface area (Å²) in [5.74, 6) is -3.48. The Balaban J connectivity index is 1.65. The van der Waals surface area contributed by atoms with E-state index in [2.05, 4.69) is 28.3 Å². The predicted molar refractivity (Wildman–Crippen MR) is 140 cm³/mol. The van der Waals surface area contributed by atoms with Crippen LogP contribution >= 0.6 is 11.3 Å². The molecule has 14 heteroatoms. The van der Waals surface area contributed by atoms with Gasteiger partial charge in [0, 0.05) is 11.4 Å². The van der Waals surface area contributed by atoms with Gasteiger partial charge in [-0.05, 0) is 60.8 Å². The molecule has 1 aliphatic rings. The van der Waals surface area contributed by atoms with Gasteiger partial charge in [0.2, 0.25) is 0 Å². The molecule has 0 radical (unpaired) electrons. The van der Waals surface area contributed by atoms with Crippen molar-refractivity contribution in [1.82, 2.24) is 4.98 Å². The van der Waals surface area contributed by atoms with Gasteiger partial charge in [0.25, 0.3) is 10.0 Å². The number of nitrogens with zero attached hydrogens (tertiary/aromatic N) is 1. The third kappa shape index (κ3) is 6.66. The Hall–Kier alpha value is -3.39. The Kier molecular flexibility index (Phi) is 8.05. The number of carboxylic acids is 1. The first-order chi connectivity index (χ1) is 18.6. The highest BCUT2D eigenvalue weighted by atomic mass is 32.2. The van der Waals surface area contributed by atoms with E-state index in [1.165, 1.54) is 12.1 Å². The van der Waals surface area contributed by atoms with E-state index in [4.69, 9.17) is 9.84 Å². The lowest BCUT2D eigenvalue weighted by Gasteiger charge is -2.34. The van der Waals surface area contributed by atoms with Gasteiger partial charge in [0.05, 0.1) is 23.9 Å². The molecule has 216 valence electrons. The molecule has 0 saturated heterocycles. The van der Waals surface area contributed by atoms with Crippen molar-refractivity contribution in [2.75, 3.05) is 11.8 Å². The monoisotopic (exact) mass is 602 g/mol. The van der Waals surface area contributed by atoms with E-state index in [9.17, 15) is 30.8 Å². The number of halogens is 4. The Bertz CT molecular complexity index is 1530. The lowest BCUT2D eigenvalue weighted by atomic mass is 9.71. The standard InChI is InChI=1S/C26H26F4N2O6S2/c1-25(2)8-6-14(7-9-25)15-4-5-16(20(10-15)38-26(28,29)30)23-31-22(13-39-23)40(35,36)32-19-12-18(27)17(24(33)34)11-21(19)37-3/h4-5,10-14,32H,6-9H2,1-3H3,(H,33,34). The Morgan fingerprint density at radius 3 is 2.42 bits per heavy atom. The van der Waals surface area contributed by atoms with Crippen LogP contribution in [0.5, 0.6) is 11.5 Å². The lowest BCUT2D eigenvalue weighted by Crippen LogP contribution is -2.21. The molecule has 1 aliphatic carbocycles. The van der Waals surface area contributed by atoms with Gasteiger partial charge >= 0.3 is 12.3 Å². The number of thiazole rings is 1. The summed E-state index contributed by atoms with van der Waals surface area (Å²) < 4.78 is 91.5. The largest absolute Gasteiger partial charge is 0.573 e. The zero-order valence-electron chi connectivity index (χ0n) is 21.6. The summed E-state index contributed by atoms with van der Waals surface area (Å²) in [6.45, 7) is 4.32. The number of rotatable bonds is 8. The molecule has 1 heterocycles. The number of aromatic nitrogens is 1. The number of anilines is 1. The highest BCUT2D eigenvalue weighted by molar-refractivity contribution is 7.92. The summed E-state index contributed by atoms with van der Waals surface area (Å²) in [5.41, 5.74) is -0.289. The first-order valence-electron chi connectivity index (χ1n) is 12.1. The average Bonchev–Trinajstić information content (AvgIpc) is 3.34. The quantitative estimate of drug-likeness (QED) is 0.266.